The van der Waals surface area contributed by atoms with Crippen molar-refractivity contribution in [1.82, 2.24) is 0 Å². The molecule has 0 aliphatic rings. The van der Waals surface area contributed by atoms with Gasteiger partial charge in [-0.25, -0.2) is 0 Å². The summed E-state index contributed by atoms with van der Waals surface area (Å²) < 4.78 is 1.22. The number of unbranched alkanes of at least 4 members (excludes halogenated alkanes) is 5. The molecule has 0 saturated heterocycles. The van der Waals surface area contributed by atoms with Crippen LogP contribution in [0.1, 0.15) is 51.9 Å². The van der Waals surface area contributed by atoms with Gasteiger partial charge in [-0.2, -0.15) is 0 Å². The van der Waals surface area contributed by atoms with E-state index >= 15 is 0 Å². The van der Waals surface area contributed by atoms with Crippen LogP contribution in [0.15, 0.2) is 24.3 Å². The molecule has 1 heteroatoms. The summed E-state index contributed by atoms with van der Waals surface area (Å²) in [5.74, 6) is 0. The summed E-state index contributed by atoms with van der Waals surface area (Å²) in [6.45, 7) is 2.26. The Morgan fingerprint density at radius 2 is 1.50 bits per heavy atom. The van der Waals surface area contributed by atoms with Crippen LogP contribution in [-0.4, -0.2) is 4.43 Å². The van der Waals surface area contributed by atoms with Crippen molar-refractivity contribution < 1.29 is 0 Å². The van der Waals surface area contributed by atoms with E-state index in [1.54, 1.807) is 0 Å². The van der Waals surface area contributed by atoms with E-state index in [-0.39, 0.29) is 0 Å². The first kappa shape index (κ1) is 14.2. The third-order valence-corrected chi connectivity index (χ3v) is 2.76. The van der Waals surface area contributed by atoms with E-state index in [1.165, 1.54) is 49.4 Å². The highest BCUT2D eigenvalue weighted by Crippen LogP contribution is 2.05. The topological polar surface area (TPSA) is 0 Å². The van der Waals surface area contributed by atoms with Crippen molar-refractivity contribution in [3.8, 4) is 0 Å². The van der Waals surface area contributed by atoms with Gasteiger partial charge < -0.3 is 0 Å². The Kier molecular flexibility index (Phi) is 13.4. The Labute approximate surface area is 103 Å². The maximum atomic E-state index is 2.40. The van der Waals surface area contributed by atoms with Crippen LogP contribution in [0.4, 0.5) is 0 Å². The molecule has 0 amide bonds. The van der Waals surface area contributed by atoms with E-state index in [1.807, 2.05) is 0 Å². The third-order valence-electron chi connectivity index (χ3n) is 2.13. The second-order valence-electron chi connectivity index (χ2n) is 3.54. The van der Waals surface area contributed by atoms with Crippen molar-refractivity contribution in [1.29, 1.82) is 0 Å². The molecule has 0 spiro atoms. The second kappa shape index (κ2) is 13.2. The van der Waals surface area contributed by atoms with Gasteiger partial charge in [0.25, 0.3) is 0 Å². The van der Waals surface area contributed by atoms with E-state index in [0.29, 0.717) is 0 Å². The molecule has 0 radical (unpaired) electrons. The minimum atomic E-state index is 1.20. The Balaban J connectivity index is 3.10. The number of allylic oxidation sites excluding steroid dienone is 4. The van der Waals surface area contributed by atoms with Crippen LogP contribution in [0, 0.1) is 0 Å². The molecule has 0 unspecified atom stereocenters. The predicted molar refractivity (Wildman–Crippen MR) is 75.2 cm³/mol. The quantitative estimate of drug-likeness (QED) is 0.235. The van der Waals surface area contributed by atoms with Crippen molar-refractivity contribution in [2.75, 3.05) is 4.43 Å². The highest BCUT2D eigenvalue weighted by molar-refractivity contribution is 14.1. The maximum Gasteiger partial charge on any atom is 0.00300 e. The fourth-order valence-electron chi connectivity index (χ4n) is 1.28. The smallest absolute Gasteiger partial charge is 0.00300 e. The minimum absolute atomic E-state index is 1.20. The van der Waals surface area contributed by atoms with Crippen molar-refractivity contribution in [2.24, 2.45) is 0 Å². The lowest BCUT2D eigenvalue weighted by atomic mass is 10.1. The van der Waals surface area contributed by atoms with Crippen molar-refractivity contribution >= 4 is 22.6 Å². The van der Waals surface area contributed by atoms with Crippen LogP contribution in [-0.2, 0) is 0 Å². The van der Waals surface area contributed by atoms with E-state index in [0.717, 1.165) is 0 Å². The summed E-state index contributed by atoms with van der Waals surface area (Å²) in [4.78, 5) is 0. The largest absolute Gasteiger partial charge is 0.0860 e. The fourth-order valence-corrected chi connectivity index (χ4v) is 1.64. The second-order valence-corrected chi connectivity index (χ2v) is 4.62. The molecule has 0 aliphatic heterocycles. The highest BCUT2D eigenvalue weighted by Gasteiger charge is 1.85. The van der Waals surface area contributed by atoms with Gasteiger partial charge in [0, 0.05) is 4.43 Å². The summed E-state index contributed by atoms with van der Waals surface area (Å²) in [6, 6.07) is 0. The molecule has 0 fully saturated rings. The fraction of sp³-hybridized carbons (Fsp3) is 0.692. The van der Waals surface area contributed by atoms with E-state index in [2.05, 4.69) is 53.8 Å². The molecule has 0 heterocycles. The molecule has 0 saturated carbocycles. The number of halogens is 1. The van der Waals surface area contributed by atoms with E-state index in [9.17, 15) is 0 Å². The first-order valence-electron chi connectivity index (χ1n) is 5.79. The lowest BCUT2D eigenvalue weighted by Crippen LogP contribution is -1.75. The van der Waals surface area contributed by atoms with Gasteiger partial charge in [0.15, 0.2) is 0 Å². The third kappa shape index (κ3) is 12.2. The lowest BCUT2D eigenvalue weighted by Gasteiger charge is -1.95. The maximum absolute atomic E-state index is 2.40. The Morgan fingerprint density at radius 3 is 2.14 bits per heavy atom. The molecule has 0 rings (SSSR count). The predicted octanol–water partition coefficient (Wildman–Crippen LogP) is 5.28. The molecular formula is C13H23I. The molecule has 0 nitrogen and oxygen atoms in total. The first-order valence-corrected chi connectivity index (χ1v) is 7.32. The molecule has 0 aromatic rings. The van der Waals surface area contributed by atoms with Crippen LogP contribution in [0.25, 0.3) is 0 Å². The summed E-state index contributed by atoms with van der Waals surface area (Å²) >= 11 is 2.40. The number of rotatable bonds is 9. The van der Waals surface area contributed by atoms with Gasteiger partial charge in [0.05, 0.1) is 0 Å². The van der Waals surface area contributed by atoms with Crippen LogP contribution in [0.5, 0.6) is 0 Å². The zero-order valence-electron chi connectivity index (χ0n) is 9.34. The van der Waals surface area contributed by atoms with Gasteiger partial charge >= 0.3 is 0 Å². The summed E-state index contributed by atoms with van der Waals surface area (Å²) in [7, 11) is 0. The Bertz CT molecular complexity index is 147. The SMILES string of the molecule is CCCCCCCC=CC=CCCI. The Hall–Kier alpha value is 0.210. The summed E-state index contributed by atoms with van der Waals surface area (Å²) in [5.41, 5.74) is 0. The molecule has 0 aromatic heterocycles. The molecule has 0 atom stereocenters. The van der Waals surface area contributed by atoms with E-state index < -0.39 is 0 Å². The first-order chi connectivity index (χ1) is 6.91. The molecule has 82 valence electrons. The average Bonchev–Trinajstić information content (AvgIpc) is 2.21. The lowest BCUT2D eigenvalue weighted by molar-refractivity contribution is 0.637. The van der Waals surface area contributed by atoms with E-state index in [4.69, 9.17) is 0 Å². The summed E-state index contributed by atoms with van der Waals surface area (Å²) in [6.07, 6.45) is 18.2. The summed E-state index contributed by atoms with van der Waals surface area (Å²) in [5, 5.41) is 0. The van der Waals surface area contributed by atoms with Crippen LogP contribution < -0.4 is 0 Å². The zero-order valence-corrected chi connectivity index (χ0v) is 11.5. The number of hydrogen-bond donors (Lipinski definition) is 0. The number of hydrogen-bond acceptors (Lipinski definition) is 0. The standard InChI is InChI=1S/C13H23I/c1-2-3-4-5-6-7-8-9-10-11-12-13-14/h8-11H,2-7,12-13H2,1H3. The Morgan fingerprint density at radius 1 is 0.857 bits per heavy atom. The van der Waals surface area contributed by atoms with Gasteiger partial charge in [-0.05, 0) is 19.3 Å². The van der Waals surface area contributed by atoms with Gasteiger partial charge in [-0.15, -0.1) is 0 Å². The highest BCUT2D eigenvalue weighted by atomic mass is 127. The monoisotopic (exact) mass is 306 g/mol. The van der Waals surface area contributed by atoms with Crippen LogP contribution in [0.2, 0.25) is 0 Å². The normalized spacial score (nSPS) is 11.9. The van der Waals surface area contributed by atoms with Gasteiger partial charge in [-0.1, -0.05) is 79.5 Å². The molecule has 14 heavy (non-hydrogen) atoms. The van der Waals surface area contributed by atoms with Crippen molar-refractivity contribution in [3.63, 3.8) is 0 Å². The number of alkyl halides is 1. The minimum Gasteiger partial charge on any atom is -0.0860 e. The zero-order chi connectivity index (χ0) is 10.5. The van der Waals surface area contributed by atoms with Gasteiger partial charge in [0.1, 0.15) is 0 Å². The van der Waals surface area contributed by atoms with Gasteiger partial charge in [0.2, 0.25) is 0 Å². The molecule has 0 aromatic carbocycles. The van der Waals surface area contributed by atoms with Crippen molar-refractivity contribution in [2.45, 2.75) is 51.9 Å². The van der Waals surface area contributed by atoms with Gasteiger partial charge in [-0.3, -0.25) is 0 Å². The molecular weight excluding hydrogens is 283 g/mol. The van der Waals surface area contributed by atoms with Crippen LogP contribution >= 0.6 is 22.6 Å². The molecule has 0 aliphatic carbocycles. The molecule has 0 bridgehead atoms. The van der Waals surface area contributed by atoms with Crippen LogP contribution in [0.3, 0.4) is 0 Å². The van der Waals surface area contributed by atoms with Crippen molar-refractivity contribution in [3.05, 3.63) is 24.3 Å². The average molecular weight is 306 g/mol. The molecule has 0 N–H and O–H groups in total.